The van der Waals surface area contributed by atoms with Gasteiger partial charge in [-0.3, -0.25) is 9.78 Å². The Labute approximate surface area is 125 Å². The predicted octanol–water partition coefficient (Wildman–Crippen LogP) is 3.04. The molecule has 0 fully saturated rings. The van der Waals surface area contributed by atoms with Gasteiger partial charge in [-0.05, 0) is 36.1 Å². The van der Waals surface area contributed by atoms with Crippen LogP contribution in [-0.2, 0) is 6.54 Å². The van der Waals surface area contributed by atoms with Gasteiger partial charge in [-0.25, -0.2) is 0 Å². The molecule has 1 amide bonds. The van der Waals surface area contributed by atoms with Crippen molar-refractivity contribution in [3.05, 3.63) is 58.2 Å². The summed E-state index contributed by atoms with van der Waals surface area (Å²) in [6, 6.07) is 5.88. The molecule has 0 radical (unpaired) electrons. The van der Waals surface area contributed by atoms with E-state index in [4.69, 9.17) is 4.52 Å². The molecular formula is C15H13N3O2S. The number of hydrogen-bond acceptors (Lipinski definition) is 5. The molecule has 0 unspecified atom stereocenters. The summed E-state index contributed by atoms with van der Waals surface area (Å²) in [4.78, 5) is 16.3. The Bertz CT molecular complexity index is 750. The quantitative estimate of drug-likeness (QED) is 0.804. The largest absolute Gasteiger partial charge is 0.361 e. The highest BCUT2D eigenvalue weighted by atomic mass is 32.1. The number of pyridine rings is 1. The number of thiophene rings is 1. The van der Waals surface area contributed by atoms with E-state index in [1.165, 1.54) is 6.20 Å². The summed E-state index contributed by atoms with van der Waals surface area (Å²) in [6.07, 6.45) is 3.17. The average molecular weight is 299 g/mol. The standard InChI is InChI=1S/C15H13N3O2S/c1-10-13(8-18-20-10)15(19)17-7-11-2-4-16-14(6-11)12-3-5-21-9-12/h2-6,8-9H,7H2,1H3,(H,17,19). The average Bonchev–Trinajstić information content (AvgIpc) is 3.16. The van der Waals surface area contributed by atoms with E-state index >= 15 is 0 Å². The van der Waals surface area contributed by atoms with Gasteiger partial charge in [-0.2, -0.15) is 11.3 Å². The van der Waals surface area contributed by atoms with Crippen molar-refractivity contribution < 1.29 is 9.32 Å². The van der Waals surface area contributed by atoms with Gasteiger partial charge in [0.1, 0.15) is 11.3 Å². The first-order valence-electron chi connectivity index (χ1n) is 6.41. The van der Waals surface area contributed by atoms with E-state index in [0.717, 1.165) is 16.8 Å². The molecular weight excluding hydrogens is 286 g/mol. The van der Waals surface area contributed by atoms with Crippen molar-refractivity contribution in [2.24, 2.45) is 0 Å². The fraction of sp³-hybridized carbons (Fsp3) is 0.133. The Kier molecular flexibility index (Phi) is 3.79. The Hall–Kier alpha value is -2.47. The first kappa shape index (κ1) is 13.5. The van der Waals surface area contributed by atoms with Crippen LogP contribution in [0, 0.1) is 6.92 Å². The number of hydrogen-bond donors (Lipinski definition) is 1. The number of amides is 1. The Morgan fingerprint density at radius 2 is 2.33 bits per heavy atom. The molecule has 3 rings (SSSR count). The van der Waals surface area contributed by atoms with Crippen molar-refractivity contribution in [2.45, 2.75) is 13.5 Å². The molecule has 1 N–H and O–H groups in total. The van der Waals surface area contributed by atoms with Gasteiger partial charge in [-0.15, -0.1) is 0 Å². The zero-order valence-electron chi connectivity index (χ0n) is 11.4. The van der Waals surface area contributed by atoms with Crippen LogP contribution in [0.3, 0.4) is 0 Å². The van der Waals surface area contributed by atoms with Gasteiger partial charge in [-0.1, -0.05) is 5.16 Å². The van der Waals surface area contributed by atoms with E-state index in [1.54, 1.807) is 24.5 Å². The van der Waals surface area contributed by atoms with Crippen molar-refractivity contribution in [2.75, 3.05) is 0 Å². The van der Waals surface area contributed by atoms with Crippen molar-refractivity contribution in [1.29, 1.82) is 0 Å². The summed E-state index contributed by atoms with van der Waals surface area (Å²) < 4.78 is 4.89. The van der Waals surface area contributed by atoms with Crippen molar-refractivity contribution >= 4 is 17.2 Å². The molecule has 0 saturated heterocycles. The molecule has 0 aliphatic carbocycles. The normalized spacial score (nSPS) is 10.5. The number of nitrogens with one attached hydrogen (secondary N) is 1. The number of carbonyl (C=O) groups is 1. The molecule has 0 bridgehead atoms. The topological polar surface area (TPSA) is 68.0 Å². The minimum absolute atomic E-state index is 0.192. The zero-order valence-corrected chi connectivity index (χ0v) is 12.2. The third-order valence-corrected chi connectivity index (χ3v) is 3.77. The second kappa shape index (κ2) is 5.88. The summed E-state index contributed by atoms with van der Waals surface area (Å²) in [7, 11) is 0. The third kappa shape index (κ3) is 3.00. The minimum Gasteiger partial charge on any atom is -0.361 e. The zero-order chi connectivity index (χ0) is 14.7. The smallest absolute Gasteiger partial charge is 0.256 e. The van der Waals surface area contributed by atoms with Gasteiger partial charge in [0.25, 0.3) is 5.91 Å². The van der Waals surface area contributed by atoms with Crippen molar-refractivity contribution in [3.63, 3.8) is 0 Å². The van der Waals surface area contributed by atoms with Crippen LogP contribution in [0.5, 0.6) is 0 Å². The van der Waals surface area contributed by atoms with Gasteiger partial charge in [0, 0.05) is 23.7 Å². The van der Waals surface area contributed by atoms with Crippen LogP contribution < -0.4 is 5.32 Å². The van der Waals surface area contributed by atoms with Crippen LogP contribution in [0.4, 0.5) is 0 Å². The molecule has 6 heteroatoms. The lowest BCUT2D eigenvalue weighted by Crippen LogP contribution is -2.23. The lowest BCUT2D eigenvalue weighted by Gasteiger charge is -2.05. The number of aromatic nitrogens is 2. The monoisotopic (exact) mass is 299 g/mol. The fourth-order valence-electron chi connectivity index (χ4n) is 1.95. The molecule has 0 spiro atoms. The number of nitrogens with zero attached hydrogens (tertiary/aromatic N) is 2. The van der Waals surface area contributed by atoms with E-state index in [0.29, 0.717) is 17.9 Å². The summed E-state index contributed by atoms with van der Waals surface area (Å²) in [5.74, 6) is 0.323. The molecule has 0 atom stereocenters. The molecule has 3 heterocycles. The summed E-state index contributed by atoms with van der Waals surface area (Å²) in [5, 5.41) is 10.5. The van der Waals surface area contributed by atoms with Crippen LogP contribution in [0.25, 0.3) is 11.3 Å². The maximum atomic E-state index is 12.0. The highest BCUT2D eigenvalue weighted by Gasteiger charge is 2.12. The third-order valence-electron chi connectivity index (χ3n) is 3.09. The molecule has 0 aliphatic rings. The van der Waals surface area contributed by atoms with E-state index < -0.39 is 0 Å². The van der Waals surface area contributed by atoms with Crippen LogP contribution in [0.2, 0.25) is 0 Å². The SMILES string of the molecule is Cc1oncc1C(=O)NCc1ccnc(-c2ccsc2)c1. The van der Waals surface area contributed by atoms with Crippen molar-refractivity contribution in [3.8, 4) is 11.3 Å². The van der Waals surface area contributed by atoms with Crippen LogP contribution in [-0.4, -0.2) is 16.0 Å². The van der Waals surface area contributed by atoms with Crippen LogP contribution in [0.1, 0.15) is 21.7 Å². The highest BCUT2D eigenvalue weighted by Crippen LogP contribution is 2.20. The number of rotatable bonds is 4. The molecule has 0 aliphatic heterocycles. The molecule has 5 nitrogen and oxygen atoms in total. The molecule has 106 valence electrons. The lowest BCUT2D eigenvalue weighted by atomic mass is 10.1. The highest BCUT2D eigenvalue weighted by molar-refractivity contribution is 7.08. The van der Waals surface area contributed by atoms with Gasteiger partial charge in [0.15, 0.2) is 0 Å². The second-order valence-corrected chi connectivity index (χ2v) is 5.32. The molecule has 0 saturated carbocycles. The van der Waals surface area contributed by atoms with Gasteiger partial charge >= 0.3 is 0 Å². The molecule has 3 aromatic rings. The molecule has 3 aromatic heterocycles. The van der Waals surface area contributed by atoms with E-state index in [9.17, 15) is 4.79 Å². The Morgan fingerprint density at radius 3 is 3.05 bits per heavy atom. The van der Waals surface area contributed by atoms with E-state index in [-0.39, 0.29) is 5.91 Å². The second-order valence-electron chi connectivity index (χ2n) is 4.54. The number of carbonyl (C=O) groups excluding carboxylic acids is 1. The summed E-state index contributed by atoms with van der Waals surface area (Å²) in [6.45, 7) is 2.14. The van der Waals surface area contributed by atoms with Gasteiger partial charge in [0.2, 0.25) is 0 Å². The fourth-order valence-corrected chi connectivity index (χ4v) is 2.60. The Balaban J connectivity index is 1.70. The van der Waals surface area contributed by atoms with Gasteiger partial charge < -0.3 is 9.84 Å². The predicted molar refractivity (Wildman–Crippen MR) is 80.0 cm³/mol. The summed E-state index contributed by atoms with van der Waals surface area (Å²) >= 11 is 1.63. The first-order chi connectivity index (χ1) is 10.2. The molecule has 21 heavy (non-hydrogen) atoms. The maximum Gasteiger partial charge on any atom is 0.256 e. The Morgan fingerprint density at radius 1 is 1.43 bits per heavy atom. The van der Waals surface area contributed by atoms with Crippen LogP contribution in [0.15, 0.2) is 45.9 Å². The maximum absolute atomic E-state index is 12.0. The lowest BCUT2D eigenvalue weighted by molar-refractivity contribution is 0.0949. The number of aryl methyl sites for hydroxylation is 1. The first-order valence-corrected chi connectivity index (χ1v) is 7.35. The summed E-state index contributed by atoms with van der Waals surface area (Å²) in [5.41, 5.74) is 3.45. The minimum atomic E-state index is -0.192. The van der Waals surface area contributed by atoms with Gasteiger partial charge in [0.05, 0.1) is 11.9 Å². The van der Waals surface area contributed by atoms with E-state index in [2.05, 4.69) is 15.5 Å². The van der Waals surface area contributed by atoms with Crippen LogP contribution >= 0.6 is 11.3 Å². The van der Waals surface area contributed by atoms with E-state index in [1.807, 2.05) is 29.0 Å². The molecule has 0 aromatic carbocycles. The van der Waals surface area contributed by atoms with Crippen molar-refractivity contribution in [1.82, 2.24) is 15.5 Å².